The van der Waals surface area contributed by atoms with Gasteiger partial charge in [-0.05, 0) is 32.2 Å². The largest absolute Gasteiger partial charge is 0.317 e. The van der Waals surface area contributed by atoms with Gasteiger partial charge in [0, 0.05) is 11.0 Å². The van der Waals surface area contributed by atoms with E-state index in [4.69, 9.17) is 0 Å². The zero-order valence-corrected chi connectivity index (χ0v) is 11.6. The average Bonchev–Trinajstić information content (AvgIpc) is 2.22. The van der Waals surface area contributed by atoms with E-state index in [1.807, 2.05) is 11.8 Å². The Morgan fingerprint density at radius 2 is 2.00 bits per heavy atom. The summed E-state index contributed by atoms with van der Waals surface area (Å²) >= 11 is 1.86. The smallest absolute Gasteiger partial charge is 0.150 e. The van der Waals surface area contributed by atoms with Crippen LogP contribution in [0.2, 0.25) is 0 Å². The maximum Gasteiger partial charge on any atom is 0.150 e. The Morgan fingerprint density at radius 1 is 1.33 bits per heavy atom. The molecule has 3 nitrogen and oxygen atoms in total. The molecule has 0 heterocycles. The van der Waals surface area contributed by atoms with Gasteiger partial charge in [0.25, 0.3) is 0 Å². The van der Waals surface area contributed by atoms with E-state index in [0.717, 1.165) is 25.9 Å². The molecular formula is C10H23NO2S2. The second kappa shape index (κ2) is 8.42. The molecule has 0 aliphatic carbocycles. The Hall–Kier alpha value is 0.260. The topological polar surface area (TPSA) is 46.2 Å². The monoisotopic (exact) mass is 253 g/mol. The molecule has 0 aliphatic heterocycles. The van der Waals surface area contributed by atoms with Crippen LogP contribution in [0.15, 0.2) is 0 Å². The summed E-state index contributed by atoms with van der Waals surface area (Å²) in [4.78, 5) is 0. The lowest BCUT2D eigenvalue weighted by atomic mass is 10.3. The fourth-order valence-corrected chi connectivity index (χ4v) is 2.34. The molecule has 1 unspecified atom stereocenters. The van der Waals surface area contributed by atoms with E-state index in [-0.39, 0.29) is 5.75 Å². The Balaban J connectivity index is 3.33. The van der Waals surface area contributed by atoms with Crippen molar-refractivity contribution in [2.75, 3.05) is 30.9 Å². The van der Waals surface area contributed by atoms with Gasteiger partial charge >= 0.3 is 0 Å². The Morgan fingerprint density at radius 3 is 2.53 bits per heavy atom. The molecule has 0 aliphatic rings. The van der Waals surface area contributed by atoms with Crippen molar-refractivity contribution in [3.05, 3.63) is 0 Å². The summed E-state index contributed by atoms with van der Waals surface area (Å²) in [5.41, 5.74) is 0. The molecule has 0 fully saturated rings. The van der Waals surface area contributed by atoms with Gasteiger partial charge in [-0.3, -0.25) is 0 Å². The van der Waals surface area contributed by atoms with Crippen LogP contribution < -0.4 is 5.32 Å². The van der Waals surface area contributed by atoms with E-state index in [2.05, 4.69) is 18.5 Å². The number of rotatable bonds is 9. The first-order valence-corrected chi connectivity index (χ1v) is 8.56. The molecule has 92 valence electrons. The van der Waals surface area contributed by atoms with Gasteiger partial charge in [-0.15, -0.1) is 0 Å². The predicted octanol–water partition coefficient (Wildman–Crippen LogP) is 1.54. The average molecular weight is 253 g/mol. The first-order valence-electron chi connectivity index (χ1n) is 5.45. The summed E-state index contributed by atoms with van der Waals surface area (Å²) in [7, 11) is -2.77. The van der Waals surface area contributed by atoms with Crippen molar-refractivity contribution in [2.45, 2.75) is 31.9 Å². The summed E-state index contributed by atoms with van der Waals surface area (Å²) in [5, 5.41) is 3.95. The first kappa shape index (κ1) is 15.3. The van der Waals surface area contributed by atoms with Crippen LogP contribution in [0, 0.1) is 0 Å². The second-order valence-electron chi connectivity index (χ2n) is 3.67. The van der Waals surface area contributed by atoms with Crippen LogP contribution in [-0.4, -0.2) is 44.5 Å². The lowest BCUT2D eigenvalue weighted by Gasteiger charge is -2.08. The van der Waals surface area contributed by atoms with E-state index < -0.39 is 9.84 Å². The third kappa shape index (κ3) is 9.20. The van der Waals surface area contributed by atoms with E-state index in [9.17, 15) is 8.42 Å². The van der Waals surface area contributed by atoms with Crippen molar-refractivity contribution in [1.29, 1.82) is 0 Å². The number of hydrogen-bond donors (Lipinski definition) is 1. The normalized spacial score (nSPS) is 14.1. The Bertz CT molecular complexity index is 240. The van der Waals surface area contributed by atoms with Gasteiger partial charge in [0.05, 0.1) is 5.75 Å². The van der Waals surface area contributed by atoms with Gasteiger partial charge in [0.1, 0.15) is 9.84 Å². The van der Waals surface area contributed by atoms with Crippen LogP contribution >= 0.6 is 11.8 Å². The molecule has 0 aromatic heterocycles. The summed E-state index contributed by atoms with van der Waals surface area (Å²) in [6.07, 6.45) is 3.98. The molecule has 1 N–H and O–H groups in total. The summed E-state index contributed by atoms with van der Waals surface area (Å²) in [6.45, 7) is 5.69. The summed E-state index contributed by atoms with van der Waals surface area (Å²) < 4.78 is 22.3. The number of sulfone groups is 1. The van der Waals surface area contributed by atoms with Gasteiger partial charge < -0.3 is 5.32 Å². The first-order chi connectivity index (χ1) is 7.02. The molecule has 0 aromatic carbocycles. The molecule has 5 heteroatoms. The zero-order chi connectivity index (χ0) is 11.7. The van der Waals surface area contributed by atoms with Gasteiger partial charge in [-0.1, -0.05) is 13.8 Å². The minimum atomic E-state index is -2.77. The van der Waals surface area contributed by atoms with Crippen molar-refractivity contribution in [2.24, 2.45) is 0 Å². The third-order valence-corrected chi connectivity index (χ3v) is 5.21. The molecule has 0 rings (SSSR count). The Kier molecular flexibility index (Phi) is 8.56. The molecule has 1 atom stereocenters. The van der Waals surface area contributed by atoms with Gasteiger partial charge in [0.2, 0.25) is 0 Å². The number of nitrogens with one attached hydrogen (secondary N) is 1. The SMILES string of the molecule is CCS(=O)(=O)CCCNCCC(C)SC. The highest BCUT2D eigenvalue weighted by Crippen LogP contribution is 2.07. The predicted molar refractivity (Wildman–Crippen MR) is 69.4 cm³/mol. The molecule has 0 spiro atoms. The Labute approximate surface area is 98.3 Å². The molecule has 15 heavy (non-hydrogen) atoms. The molecule has 0 amide bonds. The van der Waals surface area contributed by atoms with Crippen LogP contribution in [0.3, 0.4) is 0 Å². The maximum atomic E-state index is 11.2. The molecule has 0 aromatic rings. The minimum absolute atomic E-state index is 0.260. The van der Waals surface area contributed by atoms with Crippen molar-refractivity contribution >= 4 is 21.6 Å². The lowest BCUT2D eigenvalue weighted by molar-refractivity contribution is 0.587. The van der Waals surface area contributed by atoms with Crippen LogP contribution in [0.4, 0.5) is 0 Å². The fourth-order valence-electron chi connectivity index (χ4n) is 1.11. The standard InChI is InChI=1S/C10H23NO2S2/c1-4-15(12,13)9-5-7-11-8-6-10(2)14-3/h10-11H,4-9H2,1-3H3. The maximum absolute atomic E-state index is 11.2. The highest BCUT2D eigenvalue weighted by molar-refractivity contribution is 7.99. The number of hydrogen-bond acceptors (Lipinski definition) is 4. The van der Waals surface area contributed by atoms with Crippen molar-refractivity contribution < 1.29 is 8.42 Å². The van der Waals surface area contributed by atoms with Gasteiger partial charge in [-0.25, -0.2) is 8.42 Å². The minimum Gasteiger partial charge on any atom is -0.317 e. The summed E-state index contributed by atoms with van der Waals surface area (Å²) in [5.74, 6) is 0.574. The lowest BCUT2D eigenvalue weighted by Crippen LogP contribution is -2.22. The fraction of sp³-hybridized carbons (Fsp3) is 1.00. The highest BCUT2D eigenvalue weighted by Gasteiger charge is 2.05. The highest BCUT2D eigenvalue weighted by atomic mass is 32.2. The van der Waals surface area contributed by atoms with Crippen LogP contribution in [0.25, 0.3) is 0 Å². The van der Waals surface area contributed by atoms with Gasteiger partial charge in [-0.2, -0.15) is 11.8 Å². The second-order valence-corrected chi connectivity index (χ2v) is 7.42. The summed E-state index contributed by atoms with van der Waals surface area (Å²) in [6, 6.07) is 0. The van der Waals surface area contributed by atoms with Crippen molar-refractivity contribution in [1.82, 2.24) is 5.32 Å². The third-order valence-electron chi connectivity index (χ3n) is 2.38. The van der Waals surface area contributed by atoms with Crippen molar-refractivity contribution in [3.8, 4) is 0 Å². The molecule has 0 radical (unpaired) electrons. The molecule has 0 saturated carbocycles. The number of thioether (sulfide) groups is 1. The van der Waals surface area contributed by atoms with E-state index >= 15 is 0 Å². The molecular weight excluding hydrogens is 230 g/mol. The molecule has 0 bridgehead atoms. The van der Waals surface area contributed by atoms with Crippen LogP contribution in [-0.2, 0) is 9.84 Å². The zero-order valence-electron chi connectivity index (χ0n) is 9.95. The van der Waals surface area contributed by atoms with Crippen molar-refractivity contribution in [3.63, 3.8) is 0 Å². The van der Waals surface area contributed by atoms with E-state index in [1.54, 1.807) is 6.92 Å². The quantitative estimate of drug-likeness (QED) is 0.633. The van der Waals surface area contributed by atoms with Crippen LogP contribution in [0.1, 0.15) is 26.7 Å². The van der Waals surface area contributed by atoms with E-state index in [0.29, 0.717) is 11.0 Å². The van der Waals surface area contributed by atoms with Gasteiger partial charge in [0.15, 0.2) is 0 Å². The molecule has 0 saturated heterocycles. The van der Waals surface area contributed by atoms with E-state index in [1.165, 1.54) is 0 Å². The van der Waals surface area contributed by atoms with Crippen LogP contribution in [0.5, 0.6) is 0 Å².